The minimum atomic E-state index is 0.722. The molecule has 1 nitrogen and oxygen atoms in total. The molecule has 0 radical (unpaired) electrons. The van der Waals surface area contributed by atoms with E-state index in [-0.39, 0.29) is 0 Å². The van der Waals surface area contributed by atoms with Crippen LogP contribution < -0.4 is 0 Å². The normalized spacial score (nSPS) is 10.6. The van der Waals surface area contributed by atoms with Crippen LogP contribution in [0, 0.1) is 0 Å². The Hall–Kier alpha value is 0.250. The third kappa shape index (κ3) is 28.4. The Labute approximate surface area is 147 Å². The van der Waals surface area contributed by atoms with Crippen LogP contribution in [0.2, 0.25) is 0 Å². The van der Waals surface area contributed by atoms with Gasteiger partial charge in [0.25, 0.3) is 0 Å². The van der Waals surface area contributed by atoms with Crippen LogP contribution >= 0.6 is 11.6 Å². The first kappa shape index (κ1) is 24.5. The van der Waals surface area contributed by atoms with Crippen molar-refractivity contribution in [2.75, 3.05) is 26.5 Å². The van der Waals surface area contributed by atoms with Gasteiger partial charge in [0.15, 0.2) is 0 Å². The van der Waals surface area contributed by atoms with Gasteiger partial charge in [0.05, 0.1) is 0 Å². The van der Waals surface area contributed by atoms with Crippen molar-refractivity contribution in [2.24, 2.45) is 0 Å². The Morgan fingerprint density at radius 3 is 1.09 bits per heavy atom. The number of rotatable bonds is 15. The Morgan fingerprint density at radius 2 is 0.818 bits per heavy atom. The zero-order valence-corrected chi connectivity index (χ0v) is 16.9. The van der Waals surface area contributed by atoms with E-state index < -0.39 is 0 Å². The third-order valence-corrected chi connectivity index (χ3v) is 3.96. The zero-order valence-electron chi connectivity index (χ0n) is 16.1. The van der Waals surface area contributed by atoms with Crippen LogP contribution in [0.4, 0.5) is 0 Å². The first-order valence-electron chi connectivity index (χ1n) is 9.89. The molecule has 22 heavy (non-hydrogen) atoms. The van der Waals surface area contributed by atoms with Gasteiger partial charge in [-0.1, -0.05) is 97.3 Å². The fourth-order valence-electron chi connectivity index (χ4n) is 2.62. The summed E-state index contributed by atoms with van der Waals surface area (Å²) in [4.78, 5) is 2.29. The highest BCUT2D eigenvalue weighted by atomic mass is 35.5. The fraction of sp³-hybridized carbons (Fsp3) is 1.00. The van der Waals surface area contributed by atoms with E-state index in [1.54, 1.807) is 0 Å². The number of alkyl halides is 1. The van der Waals surface area contributed by atoms with Gasteiger partial charge in [-0.2, -0.15) is 0 Å². The maximum absolute atomic E-state index is 5.00. The quantitative estimate of drug-likeness (QED) is 0.225. The molecule has 2 heteroatoms. The van der Waals surface area contributed by atoms with Crippen molar-refractivity contribution in [1.29, 1.82) is 0 Å². The molecule has 136 valence electrons. The van der Waals surface area contributed by atoms with Gasteiger partial charge < -0.3 is 4.90 Å². The Morgan fingerprint density at radius 1 is 0.545 bits per heavy atom. The van der Waals surface area contributed by atoms with E-state index in [0.29, 0.717) is 0 Å². The largest absolute Gasteiger partial charge is 0.309 e. The van der Waals surface area contributed by atoms with Crippen LogP contribution in [-0.2, 0) is 0 Å². The Balaban J connectivity index is 0. The lowest BCUT2D eigenvalue weighted by molar-refractivity contribution is 0.389. The van der Waals surface area contributed by atoms with Crippen LogP contribution in [0.15, 0.2) is 0 Å². The maximum Gasteiger partial charge on any atom is 0.0195 e. The van der Waals surface area contributed by atoms with Crippen molar-refractivity contribution in [3.05, 3.63) is 0 Å². The van der Waals surface area contributed by atoms with Crippen LogP contribution in [0.1, 0.15) is 104 Å². The predicted molar refractivity (Wildman–Crippen MR) is 105 cm³/mol. The third-order valence-electron chi connectivity index (χ3n) is 3.96. The van der Waals surface area contributed by atoms with E-state index in [2.05, 4.69) is 25.9 Å². The van der Waals surface area contributed by atoms with Crippen molar-refractivity contribution in [1.82, 2.24) is 4.90 Å². The van der Waals surface area contributed by atoms with E-state index in [1.807, 2.05) is 6.92 Å². The first-order chi connectivity index (χ1) is 10.7. The van der Waals surface area contributed by atoms with E-state index in [0.717, 1.165) is 5.88 Å². The van der Waals surface area contributed by atoms with Crippen LogP contribution in [0.5, 0.6) is 0 Å². The summed E-state index contributed by atoms with van der Waals surface area (Å²) in [5.74, 6) is 0.722. The summed E-state index contributed by atoms with van der Waals surface area (Å²) in [7, 11) is 4.34. The van der Waals surface area contributed by atoms with Gasteiger partial charge in [0.1, 0.15) is 0 Å². The molecule has 0 rings (SSSR count). The van der Waals surface area contributed by atoms with Crippen molar-refractivity contribution in [3.8, 4) is 0 Å². The predicted octanol–water partition coefficient (Wildman–Crippen LogP) is 7.27. The molecule has 0 aromatic heterocycles. The van der Waals surface area contributed by atoms with E-state index in [4.69, 9.17) is 11.6 Å². The molecule has 0 saturated carbocycles. The number of nitrogens with zero attached hydrogens (tertiary/aromatic N) is 1. The van der Waals surface area contributed by atoms with Gasteiger partial charge in [-0.15, -0.1) is 11.6 Å². The molecule has 0 bridgehead atoms. The molecule has 0 spiro atoms. The fourth-order valence-corrected chi connectivity index (χ4v) is 2.62. The Kier molecular flexibility index (Phi) is 26.2. The summed E-state index contributed by atoms with van der Waals surface area (Å²) in [6, 6.07) is 0. The molecule has 0 aromatic carbocycles. The van der Waals surface area contributed by atoms with Gasteiger partial charge >= 0.3 is 0 Å². The topological polar surface area (TPSA) is 3.24 Å². The van der Waals surface area contributed by atoms with E-state index >= 15 is 0 Å². The average molecular weight is 334 g/mol. The van der Waals surface area contributed by atoms with Gasteiger partial charge in [-0.3, -0.25) is 0 Å². The minimum absolute atomic E-state index is 0.722. The van der Waals surface area contributed by atoms with Gasteiger partial charge in [-0.25, -0.2) is 0 Å². The average Bonchev–Trinajstić information content (AvgIpc) is 2.48. The summed E-state index contributed by atoms with van der Waals surface area (Å²) in [6.07, 6.45) is 20.3. The lowest BCUT2D eigenvalue weighted by Crippen LogP contribution is -2.12. The van der Waals surface area contributed by atoms with Crippen LogP contribution in [0.25, 0.3) is 0 Å². The van der Waals surface area contributed by atoms with Gasteiger partial charge in [-0.05, 0) is 27.1 Å². The monoisotopic (exact) mass is 333 g/mol. The second-order valence-electron chi connectivity index (χ2n) is 6.67. The first-order valence-corrected chi connectivity index (χ1v) is 10.4. The highest BCUT2D eigenvalue weighted by Crippen LogP contribution is 2.12. The summed E-state index contributed by atoms with van der Waals surface area (Å²) in [6.45, 7) is 5.44. The molecule has 0 atom stereocenters. The molecule has 0 unspecified atom stereocenters. The summed E-state index contributed by atoms with van der Waals surface area (Å²) < 4.78 is 0. The van der Waals surface area contributed by atoms with Crippen molar-refractivity contribution in [2.45, 2.75) is 104 Å². The standard InChI is InChI=1S/C18H39N.C2H5Cl/c1-4-5-6-7-8-9-10-11-12-13-14-15-16-17-18-19(2)3;1-2-3/h4-18H2,1-3H3;2H2,1H3. The molecule has 0 saturated heterocycles. The van der Waals surface area contributed by atoms with Crippen molar-refractivity contribution in [3.63, 3.8) is 0 Å². The molecule has 0 N–H and O–H groups in total. The van der Waals surface area contributed by atoms with Crippen molar-refractivity contribution >= 4 is 11.6 Å². The minimum Gasteiger partial charge on any atom is -0.309 e. The van der Waals surface area contributed by atoms with E-state index in [9.17, 15) is 0 Å². The molecular weight excluding hydrogens is 290 g/mol. The molecule has 0 aliphatic rings. The second-order valence-corrected chi connectivity index (χ2v) is 7.20. The molecule has 0 aliphatic heterocycles. The summed E-state index contributed by atoms with van der Waals surface area (Å²) >= 11 is 5.00. The molecule has 0 fully saturated rings. The Bertz CT molecular complexity index is 171. The smallest absolute Gasteiger partial charge is 0.0195 e. The molecular formula is C20H44ClN. The highest BCUT2D eigenvalue weighted by molar-refractivity contribution is 6.17. The summed E-state index contributed by atoms with van der Waals surface area (Å²) in [5, 5.41) is 0. The lowest BCUT2D eigenvalue weighted by Gasteiger charge is -2.08. The van der Waals surface area contributed by atoms with Crippen LogP contribution in [-0.4, -0.2) is 31.4 Å². The maximum atomic E-state index is 5.00. The number of hydrogen-bond acceptors (Lipinski definition) is 1. The number of unbranched alkanes of at least 4 members (excludes halogenated alkanes) is 13. The van der Waals surface area contributed by atoms with Gasteiger partial charge in [0, 0.05) is 5.88 Å². The highest BCUT2D eigenvalue weighted by Gasteiger charge is 1.94. The zero-order chi connectivity index (χ0) is 16.9. The molecule has 0 amide bonds. The molecule has 0 aromatic rings. The molecule has 0 heterocycles. The van der Waals surface area contributed by atoms with E-state index in [1.165, 1.54) is 96.4 Å². The summed E-state index contributed by atoms with van der Waals surface area (Å²) in [5.41, 5.74) is 0. The molecule has 0 aliphatic carbocycles. The number of halogens is 1. The lowest BCUT2D eigenvalue weighted by atomic mass is 10.0. The number of hydrogen-bond donors (Lipinski definition) is 0. The van der Waals surface area contributed by atoms with Crippen LogP contribution in [0.3, 0.4) is 0 Å². The van der Waals surface area contributed by atoms with Crippen molar-refractivity contribution < 1.29 is 0 Å². The second kappa shape index (κ2) is 23.5. The SMILES string of the molecule is CCCCCCCCCCCCCCCCN(C)C.CCCl. The van der Waals surface area contributed by atoms with Gasteiger partial charge in [0.2, 0.25) is 0 Å².